The van der Waals surface area contributed by atoms with Gasteiger partial charge in [-0.2, -0.15) is 5.10 Å². The minimum Gasteiger partial charge on any atom is -0.294 e. The SMILES string of the molecule is CC1=C[C@]2(C)c3nn(C)c(-c4ccccc4)c3CC[C@H]2C(C)(C)C1=O. The van der Waals surface area contributed by atoms with Gasteiger partial charge in [-0.05, 0) is 31.3 Å². The molecule has 3 heteroatoms. The number of ketones is 1. The Morgan fingerprint density at radius 3 is 2.52 bits per heavy atom. The van der Waals surface area contributed by atoms with Crippen molar-refractivity contribution in [3.8, 4) is 11.3 Å². The van der Waals surface area contributed by atoms with E-state index in [4.69, 9.17) is 5.10 Å². The summed E-state index contributed by atoms with van der Waals surface area (Å²) < 4.78 is 2.03. The zero-order valence-electron chi connectivity index (χ0n) is 15.8. The van der Waals surface area contributed by atoms with Crippen LogP contribution in [0.4, 0.5) is 0 Å². The van der Waals surface area contributed by atoms with Crippen molar-refractivity contribution in [2.45, 2.75) is 46.0 Å². The van der Waals surface area contributed by atoms with E-state index in [1.165, 1.54) is 16.8 Å². The molecule has 0 saturated heterocycles. The smallest absolute Gasteiger partial charge is 0.164 e. The van der Waals surface area contributed by atoms with Crippen molar-refractivity contribution in [2.75, 3.05) is 0 Å². The molecule has 2 aliphatic rings. The minimum atomic E-state index is -0.338. The predicted molar refractivity (Wildman–Crippen MR) is 100 cm³/mol. The normalized spacial score (nSPS) is 27.5. The second-order valence-electron chi connectivity index (χ2n) is 8.42. The monoisotopic (exact) mass is 334 g/mol. The van der Waals surface area contributed by atoms with Crippen LogP contribution in [0.15, 0.2) is 42.0 Å². The van der Waals surface area contributed by atoms with Crippen molar-refractivity contribution in [2.24, 2.45) is 18.4 Å². The minimum absolute atomic E-state index is 0.181. The quantitative estimate of drug-likeness (QED) is 0.771. The fourth-order valence-electron chi connectivity index (χ4n) is 5.41. The van der Waals surface area contributed by atoms with Gasteiger partial charge in [0, 0.05) is 29.0 Å². The van der Waals surface area contributed by atoms with E-state index in [0.717, 1.165) is 24.1 Å². The zero-order valence-corrected chi connectivity index (χ0v) is 15.8. The van der Waals surface area contributed by atoms with Gasteiger partial charge in [-0.3, -0.25) is 9.48 Å². The largest absolute Gasteiger partial charge is 0.294 e. The maximum atomic E-state index is 12.8. The van der Waals surface area contributed by atoms with Gasteiger partial charge in [0.05, 0.1) is 11.4 Å². The third kappa shape index (κ3) is 2.11. The molecule has 0 bridgehead atoms. The molecule has 130 valence electrons. The van der Waals surface area contributed by atoms with Crippen LogP contribution >= 0.6 is 0 Å². The second-order valence-corrected chi connectivity index (χ2v) is 8.42. The van der Waals surface area contributed by atoms with E-state index in [1.54, 1.807) is 0 Å². The van der Waals surface area contributed by atoms with Crippen molar-refractivity contribution >= 4 is 5.78 Å². The summed E-state index contributed by atoms with van der Waals surface area (Å²) in [5.41, 5.74) is 5.30. The number of aryl methyl sites for hydroxylation is 1. The number of aromatic nitrogens is 2. The van der Waals surface area contributed by atoms with Crippen LogP contribution in [0.3, 0.4) is 0 Å². The van der Waals surface area contributed by atoms with Gasteiger partial charge in [-0.1, -0.05) is 57.2 Å². The molecule has 1 heterocycles. The molecule has 0 N–H and O–H groups in total. The van der Waals surface area contributed by atoms with E-state index in [0.29, 0.717) is 5.92 Å². The van der Waals surface area contributed by atoms with Crippen LogP contribution < -0.4 is 0 Å². The van der Waals surface area contributed by atoms with Gasteiger partial charge in [0.25, 0.3) is 0 Å². The van der Waals surface area contributed by atoms with E-state index >= 15 is 0 Å². The molecule has 0 amide bonds. The first-order valence-electron chi connectivity index (χ1n) is 9.13. The van der Waals surface area contributed by atoms with Crippen LogP contribution in [0.1, 0.15) is 45.4 Å². The van der Waals surface area contributed by atoms with E-state index in [1.807, 2.05) is 24.7 Å². The molecule has 0 unspecified atom stereocenters. The van der Waals surface area contributed by atoms with E-state index in [9.17, 15) is 4.79 Å². The molecule has 0 fully saturated rings. The Balaban J connectivity index is 1.95. The predicted octanol–water partition coefficient (Wildman–Crippen LogP) is 4.46. The molecule has 4 rings (SSSR count). The number of carbonyl (C=O) groups is 1. The molecule has 0 spiro atoms. The molecule has 2 aromatic rings. The molecule has 2 aliphatic carbocycles. The Hall–Kier alpha value is -2.16. The van der Waals surface area contributed by atoms with Crippen molar-refractivity contribution in [3.05, 3.63) is 53.2 Å². The van der Waals surface area contributed by atoms with Gasteiger partial charge in [-0.15, -0.1) is 0 Å². The maximum Gasteiger partial charge on any atom is 0.164 e. The second kappa shape index (κ2) is 5.17. The maximum absolute atomic E-state index is 12.8. The number of allylic oxidation sites excluding steroid dienone is 2. The van der Waals surface area contributed by atoms with Crippen LogP contribution in [-0.2, 0) is 23.7 Å². The molecule has 0 aliphatic heterocycles. The van der Waals surface area contributed by atoms with Crippen molar-refractivity contribution in [1.82, 2.24) is 9.78 Å². The van der Waals surface area contributed by atoms with Crippen LogP contribution in [-0.4, -0.2) is 15.6 Å². The Bertz CT molecular complexity index is 888. The number of carbonyl (C=O) groups excluding carboxylic acids is 1. The lowest BCUT2D eigenvalue weighted by Crippen LogP contribution is -2.50. The molecule has 1 aromatic heterocycles. The summed E-state index contributed by atoms with van der Waals surface area (Å²) in [6, 6.07) is 10.5. The first kappa shape index (κ1) is 16.3. The number of benzene rings is 1. The molecule has 0 saturated carbocycles. The number of hydrogen-bond donors (Lipinski definition) is 0. The zero-order chi connectivity index (χ0) is 18.0. The lowest BCUT2D eigenvalue weighted by atomic mass is 9.52. The van der Waals surface area contributed by atoms with Gasteiger partial charge in [0.15, 0.2) is 5.78 Å². The van der Waals surface area contributed by atoms with E-state index in [-0.39, 0.29) is 16.6 Å². The average molecular weight is 334 g/mol. The van der Waals surface area contributed by atoms with Crippen LogP contribution in [0.25, 0.3) is 11.3 Å². The number of nitrogens with zero attached hydrogens (tertiary/aromatic N) is 2. The molecular formula is C22H26N2O. The highest BCUT2D eigenvalue weighted by atomic mass is 16.1. The Labute approximate surface area is 149 Å². The summed E-state index contributed by atoms with van der Waals surface area (Å²) in [5.74, 6) is 0.583. The highest BCUT2D eigenvalue weighted by Gasteiger charge is 2.54. The summed E-state index contributed by atoms with van der Waals surface area (Å²) >= 11 is 0. The van der Waals surface area contributed by atoms with E-state index < -0.39 is 0 Å². The summed E-state index contributed by atoms with van der Waals surface area (Å²) in [6.45, 7) is 8.46. The van der Waals surface area contributed by atoms with E-state index in [2.05, 4.69) is 51.1 Å². The lowest BCUT2D eigenvalue weighted by Gasteiger charge is -2.50. The lowest BCUT2D eigenvalue weighted by molar-refractivity contribution is -0.128. The topological polar surface area (TPSA) is 34.9 Å². The van der Waals surface area contributed by atoms with Crippen molar-refractivity contribution in [1.29, 1.82) is 0 Å². The van der Waals surface area contributed by atoms with Gasteiger partial charge in [0.2, 0.25) is 0 Å². The summed E-state index contributed by atoms with van der Waals surface area (Å²) in [7, 11) is 2.04. The fourth-order valence-corrected chi connectivity index (χ4v) is 5.41. The van der Waals surface area contributed by atoms with Gasteiger partial charge < -0.3 is 0 Å². The molecule has 2 atom stereocenters. The number of hydrogen-bond acceptors (Lipinski definition) is 2. The number of fused-ring (bicyclic) bond motifs is 3. The number of Topliss-reactive ketones (excluding diaryl/α,β-unsaturated/α-hetero) is 1. The standard InChI is InChI=1S/C22H26N2O/c1-14-13-22(4)17(21(2,3)20(14)25)12-11-16-18(24(5)23-19(16)22)15-9-7-6-8-10-15/h6-10,13,17H,11-12H2,1-5H3/t17-,22-/m0/s1. The van der Waals surface area contributed by atoms with Gasteiger partial charge in [0.1, 0.15) is 0 Å². The first-order chi connectivity index (χ1) is 11.8. The fraction of sp³-hybridized carbons (Fsp3) is 0.455. The van der Waals surface area contributed by atoms with Crippen LogP contribution in [0.2, 0.25) is 0 Å². The molecule has 1 aromatic carbocycles. The van der Waals surface area contributed by atoms with Crippen molar-refractivity contribution in [3.63, 3.8) is 0 Å². The van der Waals surface area contributed by atoms with Crippen LogP contribution in [0.5, 0.6) is 0 Å². The van der Waals surface area contributed by atoms with Gasteiger partial charge in [-0.25, -0.2) is 0 Å². The average Bonchev–Trinajstić information content (AvgIpc) is 2.91. The summed E-state index contributed by atoms with van der Waals surface area (Å²) in [5, 5.41) is 4.97. The highest BCUT2D eigenvalue weighted by molar-refractivity contribution is 6.00. The molecule has 25 heavy (non-hydrogen) atoms. The summed E-state index contributed by atoms with van der Waals surface area (Å²) in [4.78, 5) is 12.8. The third-order valence-electron chi connectivity index (χ3n) is 6.44. The Kier molecular flexibility index (Phi) is 3.37. The van der Waals surface area contributed by atoms with Crippen LogP contribution in [0, 0.1) is 11.3 Å². The van der Waals surface area contributed by atoms with Gasteiger partial charge >= 0.3 is 0 Å². The molecule has 0 radical (unpaired) electrons. The highest BCUT2D eigenvalue weighted by Crippen LogP contribution is 2.55. The first-order valence-corrected chi connectivity index (χ1v) is 9.13. The third-order valence-corrected chi connectivity index (χ3v) is 6.44. The Morgan fingerprint density at radius 2 is 1.84 bits per heavy atom. The number of rotatable bonds is 1. The summed E-state index contributed by atoms with van der Waals surface area (Å²) in [6.07, 6.45) is 4.19. The van der Waals surface area contributed by atoms with Crippen molar-refractivity contribution < 1.29 is 4.79 Å². The molecule has 3 nitrogen and oxygen atoms in total. The Morgan fingerprint density at radius 1 is 1.16 bits per heavy atom. The molecular weight excluding hydrogens is 308 g/mol.